The molecule has 32 heavy (non-hydrogen) atoms. The van der Waals surface area contributed by atoms with Crippen LogP contribution in [0.3, 0.4) is 0 Å². The van der Waals surface area contributed by atoms with E-state index in [0.29, 0.717) is 32.5 Å². The molecule has 0 spiro atoms. The Morgan fingerprint density at radius 3 is 2.62 bits per heavy atom. The van der Waals surface area contributed by atoms with E-state index >= 15 is 0 Å². The first-order valence-corrected chi connectivity index (χ1v) is 12.4. The standard InChI is InChI=1S/C22H28N4O5S/c1-15-13-16(18-5-3-4-6-19(18)23-15)14-31-17-7-10-26(11-8-17)32(29,30)12-9-22(2)20(27)24-21(28)25-22/h3-6,13,17H,7-12,14H2,1-2H3,(H2,24,25,27,28). The molecule has 4 rings (SSSR count). The van der Waals surface area contributed by atoms with Crippen molar-refractivity contribution >= 4 is 32.9 Å². The molecule has 0 bridgehead atoms. The molecule has 172 valence electrons. The van der Waals surface area contributed by atoms with E-state index in [0.717, 1.165) is 22.2 Å². The summed E-state index contributed by atoms with van der Waals surface area (Å²) >= 11 is 0. The van der Waals surface area contributed by atoms with Gasteiger partial charge >= 0.3 is 6.03 Å². The minimum absolute atomic E-state index is 0.0221. The van der Waals surface area contributed by atoms with Crippen molar-refractivity contribution in [3.8, 4) is 0 Å². The van der Waals surface area contributed by atoms with Crippen LogP contribution in [-0.4, -0.2) is 60.1 Å². The lowest BCUT2D eigenvalue weighted by Crippen LogP contribution is -2.47. The van der Waals surface area contributed by atoms with Crippen LogP contribution in [0, 0.1) is 6.92 Å². The van der Waals surface area contributed by atoms with E-state index < -0.39 is 27.5 Å². The first-order chi connectivity index (χ1) is 15.2. The Hall–Kier alpha value is -2.56. The van der Waals surface area contributed by atoms with Crippen LogP contribution in [0.4, 0.5) is 4.79 Å². The molecule has 1 aromatic carbocycles. The molecule has 3 amide bonds. The van der Waals surface area contributed by atoms with Gasteiger partial charge < -0.3 is 10.1 Å². The maximum atomic E-state index is 12.8. The number of urea groups is 1. The van der Waals surface area contributed by atoms with Crippen LogP contribution in [0.5, 0.6) is 0 Å². The van der Waals surface area contributed by atoms with Gasteiger partial charge in [-0.3, -0.25) is 15.1 Å². The van der Waals surface area contributed by atoms with Crippen LogP contribution in [0.1, 0.15) is 37.4 Å². The van der Waals surface area contributed by atoms with Crippen molar-refractivity contribution in [2.45, 2.75) is 51.4 Å². The molecule has 9 nitrogen and oxygen atoms in total. The number of hydrogen-bond donors (Lipinski definition) is 2. The first-order valence-electron chi connectivity index (χ1n) is 10.7. The number of aromatic nitrogens is 1. The molecule has 1 unspecified atom stereocenters. The Kier molecular flexibility index (Phi) is 6.19. The summed E-state index contributed by atoms with van der Waals surface area (Å²) in [7, 11) is -3.54. The lowest BCUT2D eigenvalue weighted by atomic mass is 10.00. The summed E-state index contributed by atoms with van der Waals surface area (Å²) in [5.41, 5.74) is 1.75. The molecule has 1 aromatic heterocycles. The number of ether oxygens (including phenoxy) is 1. The smallest absolute Gasteiger partial charge is 0.322 e. The third-order valence-electron chi connectivity index (χ3n) is 6.18. The fourth-order valence-corrected chi connectivity index (χ4v) is 5.91. The monoisotopic (exact) mass is 460 g/mol. The quantitative estimate of drug-likeness (QED) is 0.609. The predicted molar refractivity (Wildman–Crippen MR) is 119 cm³/mol. The SMILES string of the molecule is Cc1cc(COC2CCN(S(=O)(=O)CCC3(C)NC(=O)NC3=O)CC2)c2ccccc2n1. The molecule has 2 aliphatic heterocycles. The Morgan fingerprint density at radius 1 is 1.22 bits per heavy atom. The number of nitrogens with one attached hydrogen (secondary N) is 2. The van der Waals surface area contributed by atoms with E-state index in [2.05, 4.69) is 15.6 Å². The summed E-state index contributed by atoms with van der Waals surface area (Å²) in [4.78, 5) is 27.8. The average Bonchev–Trinajstić information content (AvgIpc) is 3.02. The summed E-state index contributed by atoms with van der Waals surface area (Å²) < 4.78 is 33.1. The van der Waals surface area contributed by atoms with E-state index in [1.165, 1.54) is 11.2 Å². The van der Waals surface area contributed by atoms with Crippen molar-refractivity contribution in [2.24, 2.45) is 0 Å². The third-order valence-corrected chi connectivity index (χ3v) is 8.05. The second kappa shape index (κ2) is 8.76. The molecule has 3 heterocycles. The highest BCUT2D eigenvalue weighted by atomic mass is 32.2. The van der Waals surface area contributed by atoms with Crippen LogP contribution >= 0.6 is 0 Å². The number of nitrogens with zero attached hydrogens (tertiary/aromatic N) is 2. The summed E-state index contributed by atoms with van der Waals surface area (Å²) in [5.74, 6) is -0.700. The second-order valence-corrected chi connectivity index (χ2v) is 10.7. The van der Waals surface area contributed by atoms with Crippen LogP contribution in [0.25, 0.3) is 10.9 Å². The second-order valence-electron chi connectivity index (χ2n) is 8.66. The fourth-order valence-electron chi connectivity index (χ4n) is 4.22. The van der Waals surface area contributed by atoms with Crippen molar-refractivity contribution in [1.29, 1.82) is 0 Å². The number of carbonyl (C=O) groups excluding carboxylic acids is 2. The zero-order chi connectivity index (χ0) is 22.9. The van der Waals surface area contributed by atoms with Crippen molar-refractivity contribution in [1.82, 2.24) is 19.9 Å². The molecule has 10 heteroatoms. The molecule has 2 saturated heterocycles. The van der Waals surface area contributed by atoms with Gasteiger partial charge in [0.05, 0.1) is 24.0 Å². The molecular weight excluding hydrogens is 432 g/mol. The van der Waals surface area contributed by atoms with E-state index in [1.54, 1.807) is 0 Å². The predicted octanol–water partition coefficient (Wildman–Crippen LogP) is 1.84. The highest BCUT2D eigenvalue weighted by molar-refractivity contribution is 7.89. The minimum Gasteiger partial charge on any atom is -0.373 e. The number of para-hydroxylation sites is 1. The molecule has 0 saturated carbocycles. The molecule has 0 radical (unpaired) electrons. The number of aryl methyl sites for hydroxylation is 1. The molecule has 2 fully saturated rings. The minimum atomic E-state index is -3.54. The maximum Gasteiger partial charge on any atom is 0.322 e. The number of sulfonamides is 1. The van der Waals surface area contributed by atoms with E-state index in [9.17, 15) is 18.0 Å². The van der Waals surface area contributed by atoms with Crippen molar-refractivity contribution in [2.75, 3.05) is 18.8 Å². The van der Waals surface area contributed by atoms with Gasteiger partial charge in [-0.25, -0.2) is 17.5 Å². The maximum absolute atomic E-state index is 12.8. The van der Waals surface area contributed by atoms with Crippen molar-refractivity contribution in [3.63, 3.8) is 0 Å². The Balaban J connectivity index is 1.30. The Bertz CT molecular complexity index is 1140. The summed E-state index contributed by atoms with van der Waals surface area (Å²) in [5, 5.41) is 5.72. The number of amides is 3. The van der Waals surface area contributed by atoms with E-state index in [-0.39, 0.29) is 18.3 Å². The number of piperidine rings is 1. The van der Waals surface area contributed by atoms with Gasteiger partial charge in [0.25, 0.3) is 5.91 Å². The first kappa shape index (κ1) is 22.6. The molecule has 2 N–H and O–H groups in total. The Labute approximate surface area is 187 Å². The summed E-state index contributed by atoms with van der Waals surface area (Å²) in [6.07, 6.45) is 1.22. The van der Waals surface area contributed by atoms with Crippen molar-refractivity contribution in [3.05, 3.63) is 41.6 Å². The fraction of sp³-hybridized carbons (Fsp3) is 0.500. The lowest BCUT2D eigenvalue weighted by molar-refractivity contribution is -0.123. The number of hydrogen-bond acceptors (Lipinski definition) is 6. The van der Waals surface area contributed by atoms with Gasteiger partial charge in [-0.05, 0) is 50.8 Å². The molecule has 1 atom stereocenters. The molecule has 2 aliphatic rings. The van der Waals surface area contributed by atoms with Crippen LogP contribution < -0.4 is 10.6 Å². The van der Waals surface area contributed by atoms with E-state index in [4.69, 9.17) is 4.74 Å². The Morgan fingerprint density at radius 2 is 1.94 bits per heavy atom. The molecule has 2 aromatic rings. The van der Waals surface area contributed by atoms with Crippen LogP contribution in [0.2, 0.25) is 0 Å². The normalized spacial score (nSPS) is 22.8. The van der Waals surface area contributed by atoms with Crippen LogP contribution in [-0.2, 0) is 26.2 Å². The largest absolute Gasteiger partial charge is 0.373 e. The van der Waals surface area contributed by atoms with Gasteiger partial charge in [0.2, 0.25) is 10.0 Å². The van der Waals surface area contributed by atoms with Gasteiger partial charge in [-0.15, -0.1) is 0 Å². The lowest BCUT2D eigenvalue weighted by Gasteiger charge is -2.32. The zero-order valence-electron chi connectivity index (χ0n) is 18.3. The molecule has 0 aliphatic carbocycles. The van der Waals surface area contributed by atoms with Gasteiger partial charge in [-0.1, -0.05) is 18.2 Å². The van der Waals surface area contributed by atoms with Gasteiger partial charge in [-0.2, -0.15) is 0 Å². The van der Waals surface area contributed by atoms with Gasteiger partial charge in [0, 0.05) is 24.2 Å². The number of carbonyl (C=O) groups is 2. The van der Waals surface area contributed by atoms with Crippen LogP contribution in [0.15, 0.2) is 30.3 Å². The number of pyridine rings is 1. The highest BCUT2D eigenvalue weighted by Gasteiger charge is 2.43. The summed E-state index contributed by atoms with van der Waals surface area (Å²) in [6.45, 7) is 4.69. The number of fused-ring (bicyclic) bond motifs is 1. The number of rotatable bonds is 7. The number of benzene rings is 1. The van der Waals surface area contributed by atoms with Crippen molar-refractivity contribution < 1.29 is 22.7 Å². The highest BCUT2D eigenvalue weighted by Crippen LogP contribution is 2.24. The molecular formula is C22H28N4O5S. The average molecular weight is 461 g/mol. The topological polar surface area (TPSA) is 118 Å². The summed E-state index contributed by atoms with van der Waals surface area (Å²) in [6, 6.07) is 9.39. The van der Waals surface area contributed by atoms with E-state index in [1.807, 2.05) is 37.3 Å². The van der Waals surface area contributed by atoms with Gasteiger partial charge in [0.15, 0.2) is 0 Å². The number of imide groups is 1. The zero-order valence-corrected chi connectivity index (χ0v) is 19.1. The van der Waals surface area contributed by atoms with Gasteiger partial charge in [0.1, 0.15) is 5.54 Å². The third kappa shape index (κ3) is 4.77.